The van der Waals surface area contributed by atoms with Crippen molar-refractivity contribution in [2.24, 2.45) is 11.8 Å². The van der Waals surface area contributed by atoms with Gasteiger partial charge in [-0.25, -0.2) is 0 Å². The number of nitrogens with one attached hydrogen (secondary N) is 2. The molecule has 0 saturated heterocycles. The van der Waals surface area contributed by atoms with E-state index >= 15 is 0 Å². The SMILES string of the molecule is CN(C)[C@@H](c1ccccn1)C1CCC(CNC(=O)c2cc(C(C)(C)C)[nH]n2)CC1. The Hall–Kier alpha value is -2.21. The molecule has 158 valence electrons. The number of carbonyl (C=O) groups is 1. The predicted molar refractivity (Wildman–Crippen MR) is 116 cm³/mol. The molecule has 1 atom stereocenters. The van der Waals surface area contributed by atoms with Gasteiger partial charge < -0.3 is 10.2 Å². The van der Waals surface area contributed by atoms with Gasteiger partial charge in [-0.2, -0.15) is 5.10 Å². The van der Waals surface area contributed by atoms with E-state index in [0.717, 1.165) is 43.6 Å². The van der Waals surface area contributed by atoms with Crippen LogP contribution in [0.25, 0.3) is 0 Å². The van der Waals surface area contributed by atoms with Crippen LogP contribution >= 0.6 is 0 Å². The standard InChI is InChI=1S/C23H35N5O/c1-23(2,3)20-14-19(26-27-20)22(29)25-15-16-9-11-17(12-10-16)21(28(4)5)18-8-6-7-13-24-18/h6-8,13-14,16-17,21H,9-12,15H2,1-5H3,(H,25,29)(H,26,27)/t16?,17?,21-/m1/s1. The van der Waals surface area contributed by atoms with Crippen molar-refractivity contribution in [3.05, 3.63) is 47.5 Å². The molecule has 0 aliphatic heterocycles. The van der Waals surface area contributed by atoms with Crippen LogP contribution in [0.15, 0.2) is 30.5 Å². The summed E-state index contributed by atoms with van der Waals surface area (Å²) < 4.78 is 0. The lowest BCUT2D eigenvalue weighted by molar-refractivity contribution is 0.0929. The van der Waals surface area contributed by atoms with E-state index in [1.165, 1.54) is 0 Å². The molecule has 1 fully saturated rings. The van der Waals surface area contributed by atoms with E-state index in [2.05, 4.69) is 72.4 Å². The van der Waals surface area contributed by atoms with Crippen LogP contribution in [0.2, 0.25) is 0 Å². The average Bonchev–Trinajstić information content (AvgIpc) is 3.19. The van der Waals surface area contributed by atoms with Crippen LogP contribution in [-0.4, -0.2) is 46.6 Å². The first-order valence-electron chi connectivity index (χ1n) is 10.7. The Kier molecular flexibility index (Phi) is 6.73. The predicted octanol–water partition coefficient (Wildman–Crippen LogP) is 3.94. The smallest absolute Gasteiger partial charge is 0.271 e. The van der Waals surface area contributed by atoms with E-state index in [4.69, 9.17) is 0 Å². The minimum atomic E-state index is -0.0847. The fourth-order valence-electron chi connectivity index (χ4n) is 4.34. The van der Waals surface area contributed by atoms with Gasteiger partial charge in [0.15, 0.2) is 0 Å². The maximum absolute atomic E-state index is 12.5. The molecular formula is C23H35N5O. The normalized spacial score (nSPS) is 21.2. The molecule has 1 amide bonds. The Labute approximate surface area is 174 Å². The van der Waals surface area contributed by atoms with E-state index in [1.807, 2.05) is 18.3 Å². The first-order valence-corrected chi connectivity index (χ1v) is 10.7. The van der Waals surface area contributed by atoms with Crippen molar-refractivity contribution in [2.75, 3.05) is 20.6 Å². The van der Waals surface area contributed by atoms with Crippen molar-refractivity contribution in [3.63, 3.8) is 0 Å². The van der Waals surface area contributed by atoms with E-state index in [0.29, 0.717) is 23.6 Å². The Bertz CT molecular complexity index is 785. The summed E-state index contributed by atoms with van der Waals surface area (Å²) in [5.74, 6) is 1.05. The molecule has 1 saturated carbocycles. The maximum atomic E-state index is 12.5. The van der Waals surface area contributed by atoms with Gasteiger partial charge in [-0.05, 0) is 69.8 Å². The molecule has 6 heteroatoms. The van der Waals surface area contributed by atoms with Gasteiger partial charge in [0.05, 0.1) is 11.7 Å². The van der Waals surface area contributed by atoms with Crippen LogP contribution in [0.1, 0.15) is 74.4 Å². The third-order valence-electron chi connectivity index (χ3n) is 6.05. The molecular weight excluding hydrogens is 362 g/mol. The van der Waals surface area contributed by atoms with Crippen molar-refractivity contribution < 1.29 is 4.79 Å². The Morgan fingerprint density at radius 2 is 1.97 bits per heavy atom. The first-order chi connectivity index (χ1) is 13.8. The largest absolute Gasteiger partial charge is 0.350 e. The second-order valence-corrected chi connectivity index (χ2v) is 9.57. The number of nitrogens with zero attached hydrogens (tertiary/aromatic N) is 3. The first kappa shape index (κ1) is 21.5. The molecule has 2 aromatic rings. The minimum absolute atomic E-state index is 0.0412. The van der Waals surface area contributed by atoms with E-state index in [9.17, 15) is 4.79 Å². The molecule has 2 aromatic heterocycles. The van der Waals surface area contributed by atoms with Gasteiger partial charge in [-0.1, -0.05) is 26.8 Å². The lowest BCUT2D eigenvalue weighted by Gasteiger charge is -2.37. The summed E-state index contributed by atoms with van der Waals surface area (Å²) >= 11 is 0. The molecule has 2 heterocycles. The van der Waals surface area contributed by atoms with Crippen molar-refractivity contribution in [2.45, 2.75) is 57.9 Å². The molecule has 29 heavy (non-hydrogen) atoms. The van der Waals surface area contributed by atoms with Crippen LogP contribution in [-0.2, 0) is 5.41 Å². The zero-order chi connectivity index (χ0) is 21.0. The lowest BCUT2D eigenvalue weighted by Crippen LogP contribution is -2.35. The van der Waals surface area contributed by atoms with Crippen molar-refractivity contribution in [1.82, 2.24) is 25.4 Å². The molecule has 0 bridgehead atoms. The number of hydrogen-bond donors (Lipinski definition) is 2. The lowest BCUT2D eigenvalue weighted by atomic mass is 9.77. The van der Waals surface area contributed by atoms with Crippen molar-refractivity contribution >= 4 is 5.91 Å². The molecule has 6 nitrogen and oxygen atoms in total. The molecule has 0 unspecified atom stereocenters. The summed E-state index contributed by atoms with van der Waals surface area (Å²) in [5, 5.41) is 10.3. The summed E-state index contributed by atoms with van der Waals surface area (Å²) in [4.78, 5) is 19.4. The second-order valence-electron chi connectivity index (χ2n) is 9.57. The van der Waals surface area contributed by atoms with Gasteiger partial charge in [0.25, 0.3) is 5.91 Å². The highest BCUT2D eigenvalue weighted by Gasteiger charge is 2.31. The van der Waals surface area contributed by atoms with E-state index in [-0.39, 0.29) is 11.3 Å². The van der Waals surface area contributed by atoms with Crippen LogP contribution in [0.4, 0.5) is 0 Å². The molecule has 2 N–H and O–H groups in total. The number of rotatable bonds is 6. The highest BCUT2D eigenvalue weighted by molar-refractivity contribution is 5.92. The Morgan fingerprint density at radius 3 is 2.52 bits per heavy atom. The van der Waals surface area contributed by atoms with Crippen molar-refractivity contribution in [1.29, 1.82) is 0 Å². The minimum Gasteiger partial charge on any atom is -0.350 e. The van der Waals surface area contributed by atoms with Crippen LogP contribution in [0, 0.1) is 11.8 Å². The number of aromatic amines is 1. The zero-order valence-electron chi connectivity index (χ0n) is 18.4. The van der Waals surface area contributed by atoms with Gasteiger partial charge in [-0.15, -0.1) is 0 Å². The van der Waals surface area contributed by atoms with Crippen LogP contribution in [0.5, 0.6) is 0 Å². The number of H-pyrrole nitrogens is 1. The third-order valence-corrected chi connectivity index (χ3v) is 6.05. The molecule has 3 rings (SSSR count). The van der Waals surface area contributed by atoms with Gasteiger partial charge in [-0.3, -0.25) is 14.9 Å². The molecule has 0 radical (unpaired) electrons. The Morgan fingerprint density at radius 1 is 1.24 bits per heavy atom. The summed E-state index contributed by atoms with van der Waals surface area (Å²) in [5.41, 5.74) is 2.57. The number of hydrogen-bond acceptors (Lipinski definition) is 4. The maximum Gasteiger partial charge on any atom is 0.271 e. The number of amides is 1. The van der Waals surface area contributed by atoms with Gasteiger partial charge in [0, 0.05) is 23.9 Å². The quantitative estimate of drug-likeness (QED) is 0.774. The van der Waals surface area contributed by atoms with Crippen molar-refractivity contribution in [3.8, 4) is 0 Å². The van der Waals surface area contributed by atoms with E-state index < -0.39 is 0 Å². The monoisotopic (exact) mass is 397 g/mol. The van der Waals surface area contributed by atoms with Crippen LogP contribution in [0.3, 0.4) is 0 Å². The number of pyridine rings is 1. The summed E-state index contributed by atoms with van der Waals surface area (Å²) in [6.45, 7) is 7.03. The zero-order valence-corrected chi connectivity index (χ0v) is 18.4. The molecule has 0 aromatic carbocycles. The molecule has 1 aliphatic rings. The second kappa shape index (κ2) is 9.08. The van der Waals surface area contributed by atoms with Crippen LogP contribution < -0.4 is 5.32 Å². The Balaban J connectivity index is 1.51. The van der Waals surface area contributed by atoms with E-state index in [1.54, 1.807) is 0 Å². The van der Waals surface area contributed by atoms with Gasteiger partial charge >= 0.3 is 0 Å². The average molecular weight is 398 g/mol. The molecule has 1 aliphatic carbocycles. The highest BCUT2D eigenvalue weighted by Crippen LogP contribution is 2.38. The van der Waals surface area contributed by atoms with Gasteiger partial charge in [0.1, 0.15) is 5.69 Å². The highest BCUT2D eigenvalue weighted by atomic mass is 16.1. The summed E-state index contributed by atoms with van der Waals surface area (Å²) in [7, 11) is 4.28. The van der Waals surface area contributed by atoms with Gasteiger partial charge in [0.2, 0.25) is 0 Å². The third kappa shape index (κ3) is 5.44. The summed E-state index contributed by atoms with van der Waals surface area (Å²) in [6, 6.07) is 8.39. The molecule has 0 spiro atoms. The fraction of sp³-hybridized carbons (Fsp3) is 0.609. The topological polar surface area (TPSA) is 73.9 Å². The number of carbonyl (C=O) groups excluding carboxylic acids is 1. The summed E-state index contributed by atoms with van der Waals surface area (Å²) in [6.07, 6.45) is 6.48. The fourth-order valence-corrected chi connectivity index (χ4v) is 4.34. The number of aromatic nitrogens is 3.